The normalized spacial score (nSPS) is 10.5. The summed E-state index contributed by atoms with van der Waals surface area (Å²) >= 11 is 0. The molecule has 0 fully saturated rings. The largest absolute Gasteiger partial charge is 0.476 e. The lowest BCUT2D eigenvalue weighted by Crippen LogP contribution is -1.99. The van der Waals surface area contributed by atoms with Crippen LogP contribution in [-0.4, -0.2) is 25.8 Å². The Hall–Kier alpha value is -2.89. The van der Waals surface area contributed by atoms with Gasteiger partial charge in [-0.3, -0.25) is 0 Å². The summed E-state index contributed by atoms with van der Waals surface area (Å²) in [4.78, 5) is 14.5. The number of benzene rings is 1. The first-order valence-electron chi connectivity index (χ1n) is 5.53. The van der Waals surface area contributed by atoms with Crippen molar-refractivity contribution in [3.05, 3.63) is 54.7 Å². The Kier molecular flexibility index (Phi) is 2.60. The summed E-state index contributed by atoms with van der Waals surface area (Å²) in [5, 5.41) is 12.9. The molecule has 0 radical (unpaired) electrons. The molecule has 0 bridgehead atoms. The summed E-state index contributed by atoms with van der Waals surface area (Å²) in [5.41, 5.74) is 1.77. The number of carboxylic acid groups (broad SMARTS) is 1. The number of aromatic carboxylic acids is 1. The van der Waals surface area contributed by atoms with Crippen LogP contribution in [0, 0.1) is 0 Å². The van der Waals surface area contributed by atoms with Crippen molar-refractivity contribution in [2.75, 3.05) is 0 Å². The van der Waals surface area contributed by atoms with E-state index in [9.17, 15) is 4.79 Å². The lowest BCUT2D eigenvalue weighted by atomic mass is 10.1. The average Bonchev–Trinajstić information content (AvgIpc) is 3.09. The highest BCUT2D eigenvalue weighted by Gasteiger charge is 2.12. The molecule has 19 heavy (non-hydrogen) atoms. The van der Waals surface area contributed by atoms with Gasteiger partial charge in [0.25, 0.3) is 0 Å². The molecule has 0 atom stereocenters. The second-order valence-electron chi connectivity index (χ2n) is 3.86. The van der Waals surface area contributed by atoms with Crippen LogP contribution in [0.3, 0.4) is 0 Å². The summed E-state index contributed by atoms with van der Waals surface area (Å²) in [6.07, 6.45) is 4.48. The Balaban J connectivity index is 1.94. The van der Waals surface area contributed by atoms with E-state index in [0.29, 0.717) is 0 Å². The molecule has 3 rings (SSSR count). The van der Waals surface area contributed by atoms with Crippen LogP contribution in [0.2, 0.25) is 0 Å². The van der Waals surface area contributed by atoms with E-state index in [1.54, 1.807) is 12.4 Å². The Bertz CT molecular complexity index is 716. The predicted octanol–water partition coefficient (Wildman–Crippen LogP) is 2.23. The molecule has 2 aromatic heterocycles. The van der Waals surface area contributed by atoms with Gasteiger partial charge in [-0.05, 0) is 5.56 Å². The minimum Gasteiger partial charge on any atom is -0.476 e. The Morgan fingerprint density at radius 3 is 2.68 bits per heavy atom. The van der Waals surface area contributed by atoms with Gasteiger partial charge in [0.2, 0.25) is 0 Å². The quantitative estimate of drug-likeness (QED) is 0.776. The van der Waals surface area contributed by atoms with Crippen LogP contribution >= 0.6 is 0 Å². The average molecular weight is 255 g/mol. The highest BCUT2D eigenvalue weighted by molar-refractivity contribution is 5.84. The second kappa shape index (κ2) is 4.41. The minimum atomic E-state index is -1.13. The molecule has 0 spiro atoms. The number of carbonyl (C=O) groups is 1. The standard InChI is InChI=1S/C13H9N3O3/c17-12(18)11-8-19-13(15-11)16-7-10(6-14-16)9-4-2-1-3-5-9/h1-8H,(H,17,18). The molecule has 3 aromatic rings. The van der Waals surface area contributed by atoms with Crippen LogP contribution < -0.4 is 0 Å². The van der Waals surface area contributed by atoms with Gasteiger partial charge in [-0.25, -0.2) is 4.79 Å². The summed E-state index contributed by atoms with van der Waals surface area (Å²) in [5.74, 6) is -1.13. The summed E-state index contributed by atoms with van der Waals surface area (Å²) in [7, 11) is 0. The maximum atomic E-state index is 10.7. The first kappa shape index (κ1) is 11.2. The molecule has 0 amide bonds. The number of hydrogen-bond donors (Lipinski definition) is 1. The monoisotopic (exact) mass is 255 g/mol. The molecule has 0 aliphatic heterocycles. The van der Waals surface area contributed by atoms with E-state index < -0.39 is 5.97 Å². The van der Waals surface area contributed by atoms with Crippen molar-refractivity contribution in [2.45, 2.75) is 0 Å². The molecule has 2 heterocycles. The zero-order valence-corrected chi connectivity index (χ0v) is 9.72. The zero-order valence-electron chi connectivity index (χ0n) is 9.72. The molecular formula is C13H9N3O3. The molecule has 0 saturated heterocycles. The van der Waals surface area contributed by atoms with Gasteiger partial charge < -0.3 is 9.52 Å². The van der Waals surface area contributed by atoms with Crippen LogP contribution in [0.5, 0.6) is 0 Å². The van der Waals surface area contributed by atoms with Gasteiger partial charge in [0.1, 0.15) is 6.26 Å². The van der Waals surface area contributed by atoms with E-state index in [4.69, 9.17) is 9.52 Å². The number of nitrogens with zero attached hydrogens (tertiary/aromatic N) is 3. The van der Waals surface area contributed by atoms with Crippen LogP contribution in [0.1, 0.15) is 10.5 Å². The van der Waals surface area contributed by atoms with Crippen molar-refractivity contribution in [1.29, 1.82) is 0 Å². The molecule has 0 saturated carbocycles. The summed E-state index contributed by atoms with van der Waals surface area (Å²) in [6.45, 7) is 0. The van der Waals surface area contributed by atoms with Gasteiger partial charge in [-0.1, -0.05) is 30.3 Å². The molecule has 94 valence electrons. The number of rotatable bonds is 3. The maximum absolute atomic E-state index is 10.7. The second-order valence-corrected chi connectivity index (χ2v) is 3.86. The lowest BCUT2D eigenvalue weighted by Gasteiger charge is -1.94. The van der Waals surface area contributed by atoms with Crippen molar-refractivity contribution >= 4 is 5.97 Å². The third-order valence-electron chi connectivity index (χ3n) is 2.60. The van der Waals surface area contributed by atoms with Gasteiger partial charge in [-0.2, -0.15) is 14.8 Å². The van der Waals surface area contributed by atoms with E-state index in [2.05, 4.69) is 10.1 Å². The molecule has 1 N–H and O–H groups in total. The van der Waals surface area contributed by atoms with Crippen molar-refractivity contribution in [3.8, 4) is 17.1 Å². The van der Waals surface area contributed by atoms with E-state index in [0.717, 1.165) is 17.4 Å². The molecule has 6 nitrogen and oxygen atoms in total. The third kappa shape index (κ3) is 2.11. The topological polar surface area (TPSA) is 81.1 Å². The molecular weight excluding hydrogens is 246 g/mol. The van der Waals surface area contributed by atoms with E-state index in [1.807, 2.05) is 30.3 Å². The van der Waals surface area contributed by atoms with Gasteiger partial charge >= 0.3 is 12.0 Å². The highest BCUT2D eigenvalue weighted by atomic mass is 16.4. The molecule has 0 unspecified atom stereocenters. The molecule has 0 aliphatic rings. The van der Waals surface area contributed by atoms with Crippen LogP contribution in [0.4, 0.5) is 0 Å². The van der Waals surface area contributed by atoms with Gasteiger partial charge in [-0.15, -0.1) is 0 Å². The summed E-state index contributed by atoms with van der Waals surface area (Å²) < 4.78 is 6.47. The third-order valence-corrected chi connectivity index (χ3v) is 2.60. The Morgan fingerprint density at radius 2 is 2.00 bits per heavy atom. The number of carboxylic acids is 1. The first-order chi connectivity index (χ1) is 9.24. The maximum Gasteiger partial charge on any atom is 0.357 e. The summed E-state index contributed by atoms with van der Waals surface area (Å²) in [6, 6.07) is 9.83. The van der Waals surface area contributed by atoms with Crippen LogP contribution in [0.25, 0.3) is 17.1 Å². The fraction of sp³-hybridized carbons (Fsp3) is 0. The lowest BCUT2D eigenvalue weighted by molar-refractivity contribution is 0.0690. The van der Waals surface area contributed by atoms with Crippen molar-refractivity contribution in [3.63, 3.8) is 0 Å². The number of aromatic nitrogens is 3. The van der Waals surface area contributed by atoms with Gasteiger partial charge in [0.15, 0.2) is 5.69 Å². The van der Waals surface area contributed by atoms with Crippen molar-refractivity contribution in [2.24, 2.45) is 0 Å². The predicted molar refractivity (Wildman–Crippen MR) is 66.0 cm³/mol. The number of hydrogen-bond acceptors (Lipinski definition) is 4. The van der Waals surface area contributed by atoms with Crippen LogP contribution in [-0.2, 0) is 0 Å². The fourth-order valence-electron chi connectivity index (χ4n) is 1.67. The minimum absolute atomic E-state index is 0.125. The SMILES string of the molecule is O=C(O)c1coc(-n2cc(-c3ccccc3)cn2)n1. The van der Waals surface area contributed by atoms with Gasteiger partial charge in [0, 0.05) is 11.8 Å². The smallest absolute Gasteiger partial charge is 0.357 e. The van der Waals surface area contributed by atoms with E-state index >= 15 is 0 Å². The van der Waals surface area contributed by atoms with E-state index in [1.165, 1.54) is 4.68 Å². The molecule has 0 aliphatic carbocycles. The van der Waals surface area contributed by atoms with E-state index in [-0.39, 0.29) is 11.7 Å². The van der Waals surface area contributed by atoms with Crippen LogP contribution in [0.15, 0.2) is 53.4 Å². The van der Waals surface area contributed by atoms with Gasteiger partial charge in [0.05, 0.1) is 6.20 Å². The molecule has 6 heteroatoms. The van der Waals surface area contributed by atoms with Crippen molar-refractivity contribution < 1.29 is 14.3 Å². The van der Waals surface area contributed by atoms with Crippen molar-refractivity contribution in [1.82, 2.24) is 14.8 Å². The zero-order chi connectivity index (χ0) is 13.2. The first-order valence-corrected chi connectivity index (χ1v) is 5.53. The highest BCUT2D eigenvalue weighted by Crippen LogP contribution is 2.19. The fourth-order valence-corrected chi connectivity index (χ4v) is 1.67. The molecule has 1 aromatic carbocycles. The Labute approximate surface area is 107 Å². The number of oxazole rings is 1. The Morgan fingerprint density at radius 1 is 1.21 bits per heavy atom.